The van der Waals surface area contributed by atoms with Crippen LogP contribution in [0.3, 0.4) is 0 Å². The highest BCUT2D eigenvalue weighted by Crippen LogP contribution is 2.49. The Morgan fingerprint density at radius 1 is 0.391 bits per heavy atom. The Labute approximate surface area is 375 Å². The molecule has 0 bridgehead atoms. The highest BCUT2D eigenvalue weighted by molar-refractivity contribution is 7.99. The van der Waals surface area contributed by atoms with Gasteiger partial charge in [0, 0.05) is 68.5 Å². The van der Waals surface area contributed by atoms with Gasteiger partial charge in [0.2, 0.25) is 0 Å². The molecular weight excluding hydrogens is 819 g/mol. The average Bonchev–Trinajstić information content (AvgIpc) is 4.03. The fourth-order valence-corrected chi connectivity index (χ4v) is 12.1. The number of thiophene rings is 1. The zero-order valence-electron chi connectivity index (χ0n) is 34.1. The maximum atomic E-state index is 5.28. The summed E-state index contributed by atoms with van der Waals surface area (Å²) in [6.45, 7) is 0. The van der Waals surface area contributed by atoms with Gasteiger partial charge in [-0.3, -0.25) is 9.13 Å². The molecule has 0 N–H and O–H groups in total. The van der Waals surface area contributed by atoms with Crippen LogP contribution in [-0.4, -0.2) is 24.1 Å². The largest absolute Gasteiger partial charge is 0.295 e. The van der Waals surface area contributed by atoms with Crippen molar-refractivity contribution in [1.29, 1.82) is 0 Å². The van der Waals surface area contributed by atoms with Crippen molar-refractivity contribution >= 4 is 86.9 Å². The first-order valence-electron chi connectivity index (χ1n) is 21.4. The number of benzene rings is 9. The highest BCUT2D eigenvalue weighted by Gasteiger charge is 2.28. The zero-order chi connectivity index (χ0) is 41.9. The van der Waals surface area contributed by atoms with Crippen LogP contribution >= 0.6 is 23.1 Å². The predicted octanol–water partition coefficient (Wildman–Crippen LogP) is 15.6. The Morgan fingerprint density at radius 2 is 1.03 bits per heavy atom. The van der Waals surface area contributed by atoms with Gasteiger partial charge in [-0.2, -0.15) is 0 Å². The highest BCUT2D eigenvalue weighted by atomic mass is 32.2. The summed E-state index contributed by atoms with van der Waals surface area (Å²) < 4.78 is 7.49. The van der Waals surface area contributed by atoms with E-state index in [4.69, 9.17) is 15.0 Å². The summed E-state index contributed by atoms with van der Waals surface area (Å²) in [4.78, 5) is 18.2. The summed E-state index contributed by atoms with van der Waals surface area (Å²) >= 11 is 3.69. The van der Waals surface area contributed by atoms with Crippen molar-refractivity contribution in [3.05, 3.63) is 200 Å². The third kappa shape index (κ3) is 5.35. The molecule has 64 heavy (non-hydrogen) atoms. The molecule has 0 amide bonds. The predicted molar refractivity (Wildman–Crippen MR) is 267 cm³/mol. The smallest absolute Gasteiger partial charge is 0.164 e. The molecular formula is C57H33N5S2. The maximum Gasteiger partial charge on any atom is 0.164 e. The summed E-state index contributed by atoms with van der Waals surface area (Å²) in [5, 5.41) is 8.63. The molecule has 0 saturated carbocycles. The second-order valence-electron chi connectivity index (χ2n) is 16.4. The molecule has 1 aliphatic rings. The monoisotopic (exact) mass is 851 g/mol. The van der Waals surface area contributed by atoms with E-state index in [1.165, 1.54) is 68.3 Å². The van der Waals surface area contributed by atoms with Gasteiger partial charge < -0.3 is 0 Å². The fourth-order valence-electron chi connectivity index (χ4n) is 9.88. The standard InChI is InChI=1S/C57H33N5S2/c1-2-13-37-32-39(31-26-34(37)12-1)56-59-54(36-29-27-35(28-30-36)41-18-10-24-49-51(41)43-17-4-7-22-47(43)63-49)58-55(60-56)38-14-9-15-40(33-38)61-45-20-5-3-16-42(45)52-44-19-11-25-50-53(44)62(57(52)61)46-21-6-8-23-48(46)64-50/h1-33H. The van der Waals surface area contributed by atoms with Gasteiger partial charge in [-0.25, -0.2) is 15.0 Å². The van der Waals surface area contributed by atoms with Gasteiger partial charge in [-0.15, -0.1) is 11.3 Å². The molecule has 0 unspecified atom stereocenters. The lowest BCUT2D eigenvalue weighted by Gasteiger charge is -2.21. The van der Waals surface area contributed by atoms with Crippen LogP contribution in [0.2, 0.25) is 0 Å². The summed E-state index contributed by atoms with van der Waals surface area (Å²) in [5.74, 6) is 1.88. The zero-order valence-corrected chi connectivity index (χ0v) is 35.7. The second kappa shape index (κ2) is 13.8. The molecule has 298 valence electrons. The topological polar surface area (TPSA) is 48.5 Å². The Bertz CT molecular complexity index is 4060. The number of aromatic nitrogens is 5. The van der Waals surface area contributed by atoms with E-state index in [0.717, 1.165) is 44.5 Å². The van der Waals surface area contributed by atoms with Crippen molar-refractivity contribution in [1.82, 2.24) is 24.1 Å². The first kappa shape index (κ1) is 35.7. The fraction of sp³-hybridized carbons (Fsp3) is 0. The lowest BCUT2D eigenvalue weighted by Crippen LogP contribution is -2.06. The summed E-state index contributed by atoms with van der Waals surface area (Å²) in [5.41, 5.74) is 10.9. The molecule has 9 aromatic carbocycles. The minimum Gasteiger partial charge on any atom is -0.295 e. The van der Waals surface area contributed by atoms with Gasteiger partial charge >= 0.3 is 0 Å². The SMILES string of the molecule is c1cc(-c2nc(-c3ccc(-c4cccc5sc6ccccc6c45)cc3)nc(-c3ccc4ccccc4c3)n2)cc(-n2c3ccccc3c3c4cccc5c4n(c32)-c2ccccc2S5)c1. The number of para-hydroxylation sites is 3. The van der Waals surface area contributed by atoms with E-state index in [1.807, 2.05) is 23.1 Å². The number of fused-ring (bicyclic) bond motifs is 11. The van der Waals surface area contributed by atoms with Crippen LogP contribution < -0.4 is 0 Å². The number of hydrogen-bond acceptors (Lipinski definition) is 5. The van der Waals surface area contributed by atoms with E-state index >= 15 is 0 Å². The molecule has 0 fully saturated rings. The van der Waals surface area contributed by atoms with Gasteiger partial charge in [0.1, 0.15) is 5.65 Å². The molecule has 0 atom stereocenters. The number of nitrogens with zero attached hydrogens (tertiary/aromatic N) is 5. The third-order valence-corrected chi connectivity index (χ3v) is 15.0. The average molecular weight is 852 g/mol. The summed E-state index contributed by atoms with van der Waals surface area (Å²) in [6, 6.07) is 71.8. The van der Waals surface area contributed by atoms with Crippen molar-refractivity contribution in [3.8, 4) is 56.7 Å². The number of rotatable bonds is 5. The van der Waals surface area contributed by atoms with E-state index in [9.17, 15) is 0 Å². The molecule has 1 aliphatic heterocycles. The van der Waals surface area contributed by atoms with Gasteiger partial charge in [0.25, 0.3) is 0 Å². The van der Waals surface area contributed by atoms with Crippen LogP contribution in [0.1, 0.15) is 0 Å². The molecule has 0 aliphatic carbocycles. The Balaban J connectivity index is 0.957. The molecule has 13 aromatic rings. The van der Waals surface area contributed by atoms with Crippen molar-refractivity contribution < 1.29 is 0 Å². The van der Waals surface area contributed by atoms with E-state index in [1.54, 1.807) is 0 Å². The molecule has 4 aromatic heterocycles. The van der Waals surface area contributed by atoms with Crippen LogP contribution in [0.4, 0.5) is 0 Å². The third-order valence-electron chi connectivity index (χ3n) is 12.7. The lowest BCUT2D eigenvalue weighted by molar-refractivity contribution is 1.02. The van der Waals surface area contributed by atoms with Crippen molar-refractivity contribution in [2.24, 2.45) is 0 Å². The Hall–Kier alpha value is -7.84. The summed E-state index contributed by atoms with van der Waals surface area (Å²) in [7, 11) is 0. The van der Waals surface area contributed by atoms with Gasteiger partial charge in [0.15, 0.2) is 17.5 Å². The van der Waals surface area contributed by atoms with Crippen LogP contribution in [0.5, 0.6) is 0 Å². The molecule has 0 radical (unpaired) electrons. The first-order valence-corrected chi connectivity index (χ1v) is 23.1. The van der Waals surface area contributed by atoms with Crippen molar-refractivity contribution in [2.45, 2.75) is 9.79 Å². The summed E-state index contributed by atoms with van der Waals surface area (Å²) in [6.07, 6.45) is 0. The van der Waals surface area contributed by atoms with E-state index in [-0.39, 0.29) is 0 Å². The molecule has 5 nitrogen and oxygen atoms in total. The van der Waals surface area contributed by atoms with Crippen LogP contribution in [0.25, 0.3) is 120 Å². The van der Waals surface area contributed by atoms with E-state index in [0.29, 0.717) is 17.5 Å². The van der Waals surface area contributed by atoms with Gasteiger partial charge in [-0.1, -0.05) is 157 Å². The molecule has 14 rings (SSSR count). The normalized spacial score (nSPS) is 12.3. The Morgan fingerprint density at radius 3 is 1.92 bits per heavy atom. The number of hydrogen-bond donors (Lipinski definition) is 0. The minimum atomic E-state index is 0.618. The minimum absolute atomic E-state index is 0.618. The van der Waals surface area contributed by atoms with Crippen LogP contribution in [0, 0.1) is 0 Å². The molecule has 7 heteroatoms. The van der Waals surface area contributed by atoms with Gasteiger partial charge in [0.05, 0.1) is 16.7 Å². The first-order chi connectivity index (χ1) is 31.7. The van der Waals surface area contributed by atoms with Crippen molar-refractivity contribution in [2.75, 3.05) is 0 Å². The van der Waals surface area contributed by atoms with Crippen molar-refractivity contribution in [3.63, 3.8) is 0 Å². The maximum absolute atomic E-state index is 5.28. The van der Waals surface area contributed by atoms with Crippen LogP contribution in [-0.2, 0) is 0 Å². The van der Waals surface area contributed by atoms with E-state index in [2.05, 4.69) is 209 Å². The van der Waals surface area contributed by atoms with Gasteiger partial charge in [-0.05, 0) is 76.5 Å². The quantitative estimate of drug-likeness (QED) is 0.173. The lowest BCUT2D eigenvalue weighted by atomic mass is 9.98. The second-order valence-corrected chi connectivity index (χ2v) is 18.5. The molecule has 5 heterocycles. The molecule has 0 spiro atoms. The molecule has 0 saturated heterocycles. The van der Waals surface area contributed by atoms with E-state index < -0.39 is 0 Å². The Kier molecular flexibility index (Phi) is 7.72. The van der Waals surface area contributed by atoms with Crippen LogP contribution in [0.15, 0.2) is 210 Å².